The van der Waals surface area contributed by atoms with Gasteiger partial charge in [-0.3, -0.25) is 4.68 Å². The van der Waals surface area contributed by atoms with Crippen LogP contribution >= 0.6 is 11.3 Å². The zero-order valence-electron chi connectivity index (χ0n) is 16.8. The number of aromatic nitrogens is 4. The van der Waals surface area contributed by atoms with Gasteiger partial charge >= 0.3 is 0 Å². The standard InChI is InChI=1S/C20H24N5O2S2/c1-11(2)14-8-15(12-7-13-10-25(3)24-18(13)22-9-12)23-19-16(14)17(21)20(28-19)29(26)6-5-27-4/h7-11,26H,5-6,21H2,1-4H3/q+1. The number of hydrogen-bond acceptors (Lipinski definition) is 7. The van der Waals surface area contributed by atoms with E-state index in [4.69, 9.17) is 15.5 Å². The molecule has 0 aliphatic rings. The van der Waals surface area contributed by atoms with E-state index in [0.717, 1.165) is 36.6 Å². The number of rotatable bonds is 6. The Kier molecular flexibility index (Phi) is 5.48. The van der Waals surface area contributed by atoms with E-state index in [0.29, 0.717) is 23.7 Å². The van der Waals surface area contributed by atoms with Gasteiger partial charge in [0.1, 0.15) is 10.5 Å². The first kappa shape index (κ1) is 20.1. The van der Waals surface area contributed by atoms with Crippen molar-refractivity contribution in [3.05, 3.63) is 30.1 Å². The van der Waals surface area contributed by atoms with Crippen LogP contribution in [0.3, 0.4) is 0 Å². The van der Waals surface area contributed by atoms with Gasteiger partial charge < -0.3 is 10.5 Å². The third kappa shape index (κ3) is 3.71. The Hall–Kier alpha value is -2.20. The quantitative estimate of drug-likeness (QED) is 0.448. The van der Waals surface area contributed by atoms with Crippen LogP contribution in [-0.2, 0) is 23.0 Å². The highest BCUT2D eigenvalue weighted by Gasteiger charge is 2.30. The summed E-state index contributed by atoms with van der Waals surface area (Å²) >= 11 is 0.504. The minimum absolute atomic E-state index is 0.263. The van der Waals surface area contributed by atoms with Crippen LogP contribution in [0.25, 0.3) is 32.5 Å². The number of nitrogen functional groups attached to an aromatic ring is 1. The second-order valence-corrected chi connectivity index (χ2v) is 10.0. The largest absolute Gasteiger partial charge is 0.393 e. The Morgan fingerprint density at radius 3 is 2.86 bits per heavy atom. The van der Waals surface area contributed by atoms with E-state index in [-0.39, 0.29) is 5.92 Å². The summed E-state index contributed by atoms with van der Waals surface area (Å²) in [4.78, 5) is 10.2. The third-order valence-electron chi connectivity index (χ3n) is 4.78. The summed E-state index contributed by atoms with van der Waals surface area (Å²) in [6.07, 6.45) is 3.75. The molecule has 0 amide bonds. The van der Waals surface area contributed by atoms with Gasteiger partial charge in [-0.15, -0.1) is 0 Å². The zero-order valence-corrected chi connectivity index (χ0v) is 18.5. The summed E-state index contributed by atoms with van der Waals surface area (Å²) in [5.41, 5.74) is 10.7. The average Bonchev–Trinajstić information content (AvgIpc) is 3.23. The summed E-state index contributed by atoms with van der Waals surface area (Å²) < 4.78 is 18.2. The van der Waals surface area contributed by atoms with Crippen LogP contribution in [0, 0.1) is 0 Å². The SMILES string of the molecule is COCC[S+](O)c1sc2nc(-c3cnc4nn(C)cc4c3)cc(C(C)C)c2c1N. The second-order valence-electron chi connectivity index (χ2n) is 7.24. The van der Waals surface area contributed by atoms with Gasteiger partial charge in [-0.25, -0.2) is 9.97 Å². The number of pyridine rings is 2. The third-order valence-corrected chi connectivity index (χ3v) is 7.70. The molecule has 152 valence electrons. The molecule has 1 atom stereocenters. The fourth-order valence-corrected chi connectivity index (χ4v) is 5.93. The van der Waals surface area contributed by atoms with Crippen LogP contribution in [0.4, 0.5) is 5.69 Å². The number of aryl methyl sites for hydroxylation is 1. The van der Waals surface area contributed by atoms with E-state index in [2.05, 4.69) is 36.1 Å². The van der Waals surface area contributed by atoms with E-state index in [1.807, 2.05) is 13.2 Å². The summed E-state index contributed by atoms with van der Waals surface area (Å²) in [5, 5.41) is 6.26. The van der Waals surface area contributed by atoms with Crippen molar-refractivity contribution in [3.63, 3.8) is 0 Å². The molecule has 4 aromatic heterocycles. The van der Waals surface area contributed by atoms with Crippen molar-refractivity contribution in [1.82, 2.24) is 19.7 Å². The molecule has 4 aromatic rings. The Bertz CT molecular complexity index is 1180. The van der Waals surface area contributed by atoms with E-state index in [9.17, 15) is 4.55 Å². The minimum Gasteiger partial charge on any atom is -0.393 e. The zero-order chi connectivity index (χ0) is 20.7. The van der Waals surface area contributed by atoms with Crippen LogP contribution < -0.4 is 5.73 Å². The summed E-state index contributed by atoms with van der Waals surface area (Å²) in [7, 11) is 3.51. The van der Waals surface area contributed by atoms with Gasteiger partial charge in [-0.1, -0.05) is 25.2 Å². The molecule has 0 saturated heterocycles. The topological polar surface area (TPSA) is 99.1 Å². The molecular weight excluding hydrogens is 406 g/mol. The number of nitrogens with zero attached hydrogens (tertiary/aromatic N) is 4. The lowest BCUT2D eigenvalue weighted by Crippen LogP contribution is -2.11. The highest BCUT2D eigenvalue weighted by Crippen LogP contribution is 2.42. The van der Waals surface area contributed by atoms with Gasteiger partial charge in [0.15, 0.2) is 22.6 Å². The lowest BCUT2D eigenvalue weighted by Gasteiger charge is -2.10. The van der Waals surface area contributed by atoms with Crippen molar-refractivity contribution < 1.29 is 9.29 Å². The first-order chi connectivity index (χ1) is 13.9. The number of hydrogen-bond donors (Lipinski definition) is 2. The number of ether oxygens (including phenoxy) is 1. The van der Waals surface area contributed by atoms with Gasteiger partial charge in [0.25, 0.3) is 4.21 Å². The minimum atomic E-state index is -0.961. The molecule has 0 fully saturated rings. The fourth-order valence-electron chi connectivity index (χ4n) is 3.34. The van der Waals surface area contributed by atoms with Crippen molar-refractivity contribution in [3.8, 4) is 11.3 Å². The van der Waals surface area contributed by atoms with Gasteiger partial charge in [0, 0.05) is 42.9 Å². The lowest BCUT2D eigenvalue weighted by molar-refractivity contribution is 0.217. The molecule has 0 aliphatic heterocycles. The molecule has 9 heteroatoms. The molecule has 3 N–H and O–H groups in total. The molecular formula is C20H24N5O2S2+. The molecule has 0 spiro atoms. The second kappa shape index (κ2) is 7.91. The maximum absolute atomic E-state index is 10.6. The number of thiophene rings is 1. The molecule has 0 radical (unpaired) electrons. The predicted octanol–water partition coefficient (Wildman–Crippen LogP) is 4.05. The van der Waals surface area contributed by atoms with E-state index >= 15 is 0 Å². The molecule has 0 aromatic carbocycles. The molecule has 4 rings (SSSR count). The number of methoxy groups -OCH3 is 1. The number of nitrogens with two attached hydrogens (primary N) is 1. The molecule has 0 saturated carbocycles. The molecule has 29 heavy (non-hydrogen) atoms. The van der Waals surface area contributed by atoms with Crippen LogP contribution in [-0.4, -0.2) is 43.8 Å². The Morgan fingerprint density at radius 2 is 2.14 bits per heavy atom. The number of anilines is 1. The summed E-state index contributed by atoms with van der Waals surface area (Å²) in [5.74, 6) is 0.789. The van der Waals surface area contributed by atoms with Crippen LogP contribution in [0.15, 0.2) is 28.7 Å². The molecule has 1 unspecified atom stereocenters. The molecule has 4 heterocycles. The van der Waals surface area contributed by atoms with Crippen molar-refractivity contribution in [2.45, 2.75) is 24.0 Å². The lowest BCUT2D eigenvalue weighted by atomic mass is 9.98. The van der Waals surface area contributed by atoms with E-state index in [1.54, 1.807) is 18.0 Å². The van der Waals surface area contributed by atoms with Crippen molar-refractivity contribution in [2.24, 2.45) is 7.05 Å². The first-order valence-electron chi connectivity index (χ1n) is 9.30. The van der Waals surface area contributed by atoms with Crippen molar-refractivity contribution >= 4 is 49.5 Å². The van der Waals surface area contributed by atoms with Gasteiger partial charge in [-0.2, -0.15) is 9.65 Å². The van der Waals surface area contributed by atoms with Gasteiger partial charge in [-0.05, 0) is 23.6 Å². The summed E-state index contributed by atoms with van der Waals surface area (Å²) in [6, 6.07) is 4.14. The average molecular weight is 431 g/mol. The highest BCUT2D eigenvalue weighted by atomic mass is 32.2. The molecule has 0 aliphatic carbocycles. The molecule has 7 nitrogen and oxygen atoms in total. The highest BCUT2D eigenvalue weighted by molar-refractivity contribution is 7.93. The van der Waals surface area contributed by atoms with Gasteiger partial charge in [0.2, 0.25) is 0 Å². The van der Waals surface area contributed by atoms with Crippen LogP contribution in [0.2, 0.25) is 0 Å². The Balaban J connectivity index is 1.87. The smallest absolute Gasteiger partial charge is 0.269 e. The normalized spacial score (nSPS) is 13.0. The number of fused-ring (bicyclic) bond motifs is 2. The van der Waals surface area contributed by atoms with Gasteiger partial charge in [0.05, 0.1) is 12.3 Å². The van der Waals surface area contributed by atoms with Crippen molar-refractivity contribution in [2.75, 3.05) is 25.2 Å². The van der Waals surface area contributed by atoms with Crippen LogP contribution in [0.5, 0.6) is 0 Å². The summed E-state index contributed by atoms with van der Waals surface area (Å²) in [6.45, 7) is 4.77. The molecule has 0 bridgehead atoms. The maximum atomic E-state index is 10.6. The predicted molar refractivity (Wildman–Crippen MR) is 121 cm³/mol. The van der Waals surface area contributed by atoms with Crippen molar-refractivity contribution in [1.29, 1.82) is 0 Å². The monoisotopic (exact) mass is 430 g/mol. The first-order valence-corrected chi connectivity index (χ1v) is 11.5. The Morgan fingerprint density at radius 1 is 1.34 bits per heavy atom. The maximum Gasteiger partial charge on any atom is 0.269 e. The van der Waals surface area contributed by atoms with E-state index < -0.39 is 11.2 Å². The van der Waals surface area contributed by atoms with Crippen LogP contribution in [0.1, 0.15) is 25.3 Å². The fraction of sp³-hybridized carbons (Fsp3) is 0.350. The Labute approximate surface area is 176 Å². The van der Waals surface area contributed by atoms with E-state index in [1.165, 1.54) is 11.3 Å².